The van der Waals surface area contributed by atoms with Gasteiger partial charge < -0.3 is 27.5 Å². The van der Waals surface area contributed by atoms with Crippen molar-refractivity contribution in [2.75, 3.05) is 6.23 Å². The molecule has 0 bridgehead atoms. The van der Waals surface area contributed by atoms with Gasteiger partial charge in [-0.15, -0.1) is 0 Å². The lowest BCUT2D eigenvalue weighted by atomic mass is 10.0. The van der Waals surface area contributed by atoms with Gasteiger partial charge in [0.2, 0.25) is 5.79 Å². The third-order valence-corrected chi connectivity index (χ3v) is 6.51. The molecule has 0 saturated carbocycles. The first-order valence-corrected chi connectivity index (χ1v) is 11.1. The average molecular weight is 426 g/mol. The van der Waals surface area contributed by atoms with Gasteiger partial charge in [-0.05, 0) is 18.2 Å². The number of fused-ring (bicyclic) bond motifs is 1. The molecule has 0 fully saturated rings. The highest BCUT2D eigenvalue weighted by Crippen LogP contribution is 2.37. The van der Waals surface area contributed by atoms with E-state index in [1.165, 1.54) is 0 Å². The molecule has 0 spiro atoms. The summed E-state index contributed by atoms with van der Waals surface area (Å²) >= 11 is 0. The molecule has 1 aliphatic heterocycles. The van der Waals surface area contributed by atoms with Crippen LogP contribution in [0.15, 0.2) is 18.2 Å². The fourth-order valence-corrected chi connectivity index (χ4v) is 4.55. The zero-order valence-corrected chi connectivity index (χ0v) is 18.4. The van der Waals surface area contributed by atoms with E-state index in [4.69, 9.17) is 27.5 Å². The van der Waals surface area contributed by atoms with Crippen molar-refractivity contribution in [2.45, 2.75) is 53.9 Å². The number of hydrogen-bond acceptors (Lipinski definition) is 9. The Morgan fingerprint density at radius 3 is 2.10 bits per heavy atom. The topological polar surface area (TPSA) is 107 Å². The molecule has 1 heterocycles. The van der Waals surface area contributed by atoms with Crippen LogP contribution in [-0.4, -0.2) is 38.7 Å². The number of ether oxygens (including phenoxy) is 3. The van der Waals surface area contributed by atoms with Crippen molar-refractivity contribution in [3.63, 3.8) is 0 Å². The van der Waals surface area contributed by atoms with Crippen LogP contribution in [0.2, 0.25) is 0 Å². The summed E-state index contributed by atoms with van der Waals surface area (Å²) in [6.45, 7) is 9.57. The number of hydrogen-bond donors (Lipinski definition) is 0. The van der Waals surface area contributed by atoms with Crippen LogP contribution in [0.5, 0.6) is 11.5 Å². The third-order valence-electron chi connectivity index (χ3n) is 4.22. The molecule has 29 heavy (non-hydrogen) atoms. The first-order chi connectivity index (χ1) is 13.4. The Morgan fingerprint density at radius 2 is 1.62 bits per heavy atom. The molecule has 9 nitrogen and oxygen atoms in total. The van der Waals surface area contributed by atoms with E-state index in [-0.39, 0.29) is 5.92 Å². The first kappa shape index (κ1) is 22.7. The van der Waals surface area contributed by atoms with Crippen molar-refractivity contribution < 1.29 is 41.9 Å². The van der Waals surface area contributed by atoms with E-state index in [9.17, 15) is 14.4 Å². The second-order valence-corrected chi connectivity index (χ2v) is 9.35. The first-order valence-electron chi connectivity index (χ1n) is 9.12. The molecule has 1 aliphatic rings. The maximum absolute atomic E-state index is 11.5. The lowest BCUT2D eigenvalue weighted by molar-refractivity contribution is -0.219. The number of carbonyl (C=O) groups excluding carboxylic acids is 3. The van der Waals surface area contributed by atoms with E-state index in [1.807, 2.05) is 20.8 Å². The van der Waals surface area contributed by atoms with Gasteiger partial charge >= 0.3 is 8.80 Å². The van der Waals surface area contributed by atoms with Crippen LogP contribution in [-0.2, 0) is 39.0 Å². The lowest BCUT2D eigenvalue weighted by Gasteiger charge is -2.38. The zero-order chi connectivity index (χ0) is 21.8. The van der Waals surface area contributed by atoms with Crippen LogP contribution in [0, 0.1) is 5.92 Å². The second-order valence-electron chi connectivity index (χ2n) is 7.08. The zero-order valence-electron chi connectivity index (χ0n) is 17.4. The molecule has 0 aliphatic carbocycles. The van der Waals surface area contributed by atoms with Gasteiger partial charge in [0, 0.05) is 39.2 Å². The number of carbonyl (C=O) groups is 3. The molecule has 2 rings (SSSR count). The van der Waals surface area contributed by atoms with Crippen molar-refractivity contribution in [3.8, 4) is 11.5 Å². The van der Waals surface area contributed by atoms with Gasteiger partial charge in [-0.1, -0.05) is 13.8 Å². The Kier molecular flexibility index (Phi) is 6.91. The molecule has 1 aromatic rings. The highest BCUT2D eigenvalue weighted by molar-refractivity contribution is 6.65. The SMILES string of the molecule is CC(=O)O[Si](COc1ccc2c(c1)COC(C)(C(C)C)O2)(OC(C)=O)OC(C)=O. The molecule has 0 saturated heterocycles. The molecular formula is C19H26O9Si. The molecule has 10 heteroatoms. The lowest BCUT2D eigenvalue weighted by Crippen LogP contribution is -2.54. The number of rotatable bonds is 7. The Hall–Kier alpha value is -2.59. The predicted octanol–water partition coefficient (Wildman–Crippen LogP) is 2.51. The molecular weight excluding hydrogens is 400 g/mol. The van der Waals surface area contributed by atoms with Crippen LogP contribution < -0.4 is 9.47 Å². The molecule has 1 atom stereocenters. The minimum Gasteiger partial charge on any atom is -0.485 e. The molecule has 160 valence electrons. The van der Waals surface area contributed by atoms with Gasteiger partial charge in [-0.3, -0.25) is 14.4 Å². The van der Waals surface area contributed by atoms with Crippen LogP contribution in [0.1, 0.15) is 47.1 Å². The van der Waals surface area contributed by atoms with E-state index in [2.05, 4.69) is 0 Å². The molecule has 0 aromatic heterocycles. The molecule has 1 unspecified atom stereocenters. The van der Waals surface area contributed by atoms with E-state index in [0.717, 1.165) is 26.3 Å². The summed E-state index contributed by atoms with van der Waals surface area (Å²) in [5.41, 5.74) is 0.764. The van der Waals surface area contributed by atoms with Gasteiger partial charge in [0.15, 0.2) is 6.23 Å². The Labute approximate surface area is 170 Å². The highest BCUT2D eigenvalue weighted by atomic mass is 28.4. The third kappa shape index (κ3) is 5.94. The largest absolute Gasteiger partial charge is 0.745 e. The van der Waals surface area contributed by atoms with Crippen LogP contribution >= 0.6 is 0 Å². The fraction of sp³-hybridized carbons (Fsp3) is 0.526. The summed E-state index contributed by atoms with van der Waals surface area (Å²) in [6, 6.07) is 5.09. The molecule has 1 aromatic carbocycles. The predicted molar refractivity (Wildman–Crippen MR) is 102 cm³/mol. The minimum atomic E-state index is -4.07. The standard InChI is InChI=1S/C19H26O9Si/c1-12(2)19(6)24-10-16-9-17(7-8-18(16)25-19)23-11-29(26-13(3)20,27-14(4)21)28-15(5)22/h7-9,12H,10-11H2,1-6H3. The van der Waals surface area contributed by atoms with Gasteiger partial charge in [0.05, 0.1) is 6.61 Å². The van der Waals surface area contributed by atoms with Crippen LogP contribution in [0.4, 0.5) is 0 Å². The Balaban J connectivity index is 2.20. The average Bonchev–Trinajstić information content (AvgIpc) is 2.58. The van der Waals surface area contributed by atoms with Crippen molar-refractivity contribution in [1.82, 2.24) is 0 Å². The summed E-state index contributed by atoms with van der Waals surface area (Å²) < 4.78 is 32.7. The van der Waals surface area contributed by atoms with Crippen LogP contribution in [0.25, 0.3) is 0 Å². The smallest absolute Gasteiger partial charge is 0.485 e. The monoisotopic (exact) mass is 426 g/mol. The molecule has 0 N–H and O–H groups in total. The Bertz CT molecular complexity index is 751. The van der Waals surface area contributed by atoms with Crippen LogP contribution in [0.3, 0.4) is 0 Å². The molecule has 0 radical (unpaired) electrons. The van der Waals surface area contributed by atoms with Crippen molar-refractivity contribution in [3.05, 3.63) is 23.8 Å². The van der Waals surface area contributed by atoms with Crippen molar-refractivity contribution in [1.29, 1.82) is 0 Å². The molecule has 0 amide bonds. The Morgan fingerprint density at radius 1 is 1.07 bits per heavy atom. The highest BCUT2D eigenvalue weighted by Gasteiger charge is 2.53. The quantitative estimate of drug-likeness (QED) is 0.608. The summed E-state index contributed by atoms with van der Waals surface area (Å²) in [4.78, 5) is 34.4. The van der Waals surface area contributed by atoms with Gasteiger partial charge in [0.25, 0.3) is 17.9 Å². The van der Waals surface area contributed by atoms with E-state index in [0.29, 0.717) is 18.1 Å². The van der Waals surface area contributed by atoms with Crippen molar-refractivity contribution >= 4 is 26.7 Å². The van der Waals surface area contributed by atoms with E-state index >= 15 is 0 Å². The normalized spacial score (nSPS) is 18.3. The second kappa shape index (κ2) is 8.83. The van der Waals surface area contributed by atoms with E-state index < -0.39 is 38.7 Å². The summed E-state index contributed by atoms with van der Waals surface area (Å²) in [6.07, 6.45) is -0.421. The van der Waals surface area contributed by atoms with Crippen molar-refractivity contribution in [2.24, 2.45) is 5.92 Å². The summed E-state index contributed by atoms with van der Waals surface area (Å²) in [5, 5.41) is 0. The number of benzene rings is 1. The van der Waals surface area contributed by atoms with Gasteiger partial charge in [-0.25, -0.2) is 0 Å². The fourth-order valence-electron chi connectivity index (χ4n) is 2.59. The summed E-state index contributed by atoms with van der Waals surface area (Å²) in [5.74, 6) is -1.81. The van der Waals surface area contributed by atoms with Gasteiger partial charge in [0.1, 0.15) is 11.5 Å². The maximum atomic E-state index is 11.5. The summed E-state index contributed by atoms with van der Waals surface area (Å²) in [7, 11) is -4.07. The van der Waals surface area contributed by atoms with E-state index in [1.54, 1.807) is 18.2 Å². The minimum absolute atomic E-state index is 0.148. The van der Waals surface area contributed by atoms with Gasteiger partial charge in [-0.2, -0.15) is 0 Å². The maximum Gasteiger partial charge on any atom is 0.745 e.